The molecule has 2 aliphatic rings. The van der Waals surface area contributed by atoms with Crippen LogP contribution in [0.2, 0.25) is 0 Å². The summed E-state index contributed by atoms with van der Waals surface area (Å²) in [6.07, 6.45) is 5.66. The number of fused-ring (bicyclic) bond motifs is 2. The number of nitrogens with two attached hydrogens (primary N) is 1. The summed E-state index contributed by atoms with van der Waals surface area (Å²) < 4.78 is 0. The Bertz CT molecular complexity index is 98.6. The first kappa shape index (κ1) is 4.80. The van der Waals surface area contributed by atoms with Crippen LogP contribution in [0.3, 0.4) is 0 Å². The minimum absolute atomic E-state index is 0.578. The molecule has 2 N–H and O–H groups in total. The molecule has 2 saturated carbocycles. The fourth-order valence-corrected chi connectivity index (χ4v) is 2.29. The zero-order chi connectivity index (χ0) is 5.56. The van der Waals surface area contributed by atoms with E-state index >= 15 is 0 Å². The molecule has 0 aliphatic heterocycles. The second-order valence-corrected chi connectivity index (χ2v) is 3.34. The smallest absolute Gasteiger partial charge is 0.00699 e. The fraction of sp³-hybridized carbons (Fsp3) is 1.00. The monoisotopic (exact) mass is 111 g/mol. The van der Waals surface area contributed by atoms with E-state index in [1.807, 2.05) is 0 Å². The Kier molecular flexibility index (Phi) is 0.884. The molecule has 46 valence electrons. The maximum absolute atomic E-state index is 5.82. The molecule has 0 radical (unpaired) electrons. The molecule has 0 aromatic heterocycles. The summed E-state index contributed by atoms with van der Waals surface area (Å²) >= 11 is 0. The topological polar surface area (TPSA) is 26.0 Å². The Morgan fingerprint density at radius 2 is 2.00 bits per heavy atom. The lowest BCUT2D eigenvalue weighted by Crippen LogP contribution is -2.26. The predicted octanol–water partition coefficient (Wildman–Crippen LogP) is 1.13. The van der Waals surface area contributed by atoms with Crippen molar-refractivity contribution in [2.75, 3.05) is 0 Å². The van der Waals surface area contributed by atoms with Gasteiger partial charge in [0.2, 0.25) is 0 Å². The van der Waals surface area contributed by atoms with Crippen molar-refractivity contribution >= 4 is 0 Å². The van der Waals surface area contributed by atoms with Crippen LogP contribution in [-0.4, -0.2) is 6.04 Å². The van der Waals surface area contributed by atoms with Crippen molar-refractivity contribution in [2.24, 2.45) is 17.6 Å². The molecule has 0 aromatic rings. The number of hydrogen-bond donors (Lipinski definition) is 1. The molecule has 2 rings (SSSR count). The van der Waals surface area contributed by atoms with Crippen LogP contribution >= 0.6 is 0 Å². The Morgan fingerprint density at radius 3 is 2.25 bits per heavy atom. The van der Waals surface area contributed by atoms with Gasteiger partial charge < -0.3 is 5.73 Å². The molecular weight excluding hydrogens is 98.1 g/mol. The van der Waals surface area contributed by atoms with Crippen LogP contribution in [0, 0.1) is 11.8 Å². The average Bonchev–Trinajstić information content (AvgIpc) is 2.23. The lowest BCUT2D eigenvalue weighted by atomic mass is 9.96. The van der Waals surface area contributed by atoms with Crippen LogP contribution in [0.15, 0.2) is 0 Å². The summed E-state index contributed by atoms with van der Waals surface area (Å²) in [6.45, 7) is 0. The predicted molar refractivity (Wildman–Crippen MR) is 33.4 cm³/mol. The lowest BCUT2D eigenvalue weighted by molar-refractivity contribution is 0.418. The number of rotatable bonds is 0. The lowest BCUT2D eigenvalue weighted by Gasteiger charge is -2.15. The van der Waals surface area contributed by atoms with E-state index in [4.69, 9.17) is 5.73 Å². The largest absolute Gasteiger partial charge is 0.327 e. The van der Waals surface area contributed by atoms with Gasteiger partial charge in [0.1, 0.15) is 0 Å². The SMILES string of the molecule is N[C@H]1CC2CCC1C2. The molecule has 0 heterocycles. The van der Waals surface area contributed by atoms with Crippen molar-refractivity contribution in [1.82, 2.24) is 0 Å². The van der Waals surface area contributed by atoms with Crippen LogP contribution in [0.5, 0.6) is 0 Å². The molecule has 1 heteroatoms. The van der Waals surface area contributed by atoms with Crippen LogP contribution in [0.25, 0.3) is 0 Å². The van der Waals surface area contributed by atoms with Gasteiger partial charge in [0, 0.05) is 6.04 Å². The first-order valence-electron chi connectivity index (χ1n) is 3.62. The molecule has 1 nitrogen and oxygen atoms in total. The van der Waals surface area contributed by atoms with Crippen LogP contribution < -0.4 is 5.73 Å². The average molecular weight is 111 g/mol. The molecule has 2 aliphatic carbocycles. The summed E-state index contributed by atoms with van der Waals surface area (Å²) in [6, 6.07) is 0.578. The first-order valence-corrected chi connectivity index (χ1v) is 3.62. The normalized spacial score (nSPS) is 52.9. The Morgan fingerprint density at radius 1 is 1.12 bits per heavy atom. The molecule has 8 heavy (non-hydrogen) atoms. The molecule has 0 amide bonds. The molecular formula is C7H13N. The van der Waals surface area contributed by atoms with Gasteiger partial charge >= 0.3 is 0 Å². The van der Waals surface area contributed by atoms with E-state index in [-0.39, 0.29) is 0 Å². The molecule has 0 spiro atoms. The molecule has 3 atom stereocenters. The zero-order valence-electron chi connectivity index (χ0n) is 5.14. The van der Waals surface area contributed by atoms with Gasteiger partial charge in [0.25, 0.3) is 0 Å². The van der Waals surface area contributed by atoms with Crippen LogP contribution in [0.1, 0.15) is 25.7 Å². The van der Waals surface area contributed by atoms with Crippen molar-refractivity contribution in [3.05, 3.63) is 0 Å². The first-order chi connectivity index (χ1) is 3.86. The van der Waals surface area contributed by atoms with Crippen LogP contribution in [-0.2, 0) is 0 Å². The van der Waals surface area contributed by atoms with E-state index < -0.39 is 0 Å². The van der Waals surface area contributed by atoms with E-state index in [1.54, 1.807) is 0 Å². The van der Waals surface area contributed by atoms with Gasteiger partial charge in [-0.05, 0) is 31.1 Å². The van der Waals surface area contributed by atoms with E-state index in [2.05, 4.69) is 0 Å². The van der Waals surface area contributed by atoms with Gasteiger partial charge in [-0.25, -0.2) is 0 Å². The highest BCUT2D eigenvalue weighted by Gasteiger charge is 2.36. The summed E-state index contributed by atoms with van der Waals surface area (Å²) in [7, 11) is 0. The summed E-state index contributed by atoms with van der Waals surface area (Å²) in [5.74, 6) is 1.94. The maximum atomic E-state index is 5.82. The van der Waals surface area contributed by atoms with Crippen molar-refractivity contribution in [2.45, 2.75) is 31.7 Å². The van der Waals surface area contributed by atoms with E-state index in [0.29, 0.717) is 6.04 Å². The van der Waals surface area contributed by atoms with E-state index in [9.17, 15) is 0 Å². The Balaban J connectivity index is 2.11. The Hall–Kier alpha value is -0.0400. The van der Waals surface area contributed by atoms with Gasteiger partial charge in [-0.15, -0.1) is 0 Å². The molecule has 0 aromatic carbocycles. The fourth-order valence-electron chi connectivity index (χ4n) is 2.29. The van der Waals surface area contributed by atoms with Crippen molar-refractivity contribution in [3.8, 4) is 0 Å². The highest BCUT2D eigenvalue weighted by molar-refractivity contribution is 4.91. The minimum Gasteiger partial charge on any atom is -0.327 e. The molecule has 2 bridgehead atoms. The van der Waals surface area contributed by atoms with Gasteiger partial charge in [-0.2, -0.15) is 0 Å². The maximum Gasteiger partial charge on any atom is 0.00699 e. The highest BCUT2D eigenvalue weighted by atomic mass is 14.7. The minimum atomic E-state index is 0.578. The molecule has 2 unspecified atom stereocenters. The summed E-state index contributed by atoms with van der Waals surface area (Å²) in [4.78, 5) is 0. The number of hydrogen-bond acceptors (Lipinski definition) is 1. The molecule has 2 fully saturated rings. The van der Waals surface area contributed by atoms with Crippen molar-refractivity contribution in [1.29, 1.82) is 0 Å². The molecule has 0 saturated heterocycles. The van der Waals surface area contributed by atoms with Gasteiger partial charge in [-0.1, -0.05) is 6.42 Å². The van der Waals surface area contributed by atoms with Crippen molar-refractivity contribution in [3.63, 3.8) is 0 Å². The van der Waals surface area contributed by atoms with Gasteiger partial charge in [0.05, 0.1) is 0 Å². The van der Waals surface area contributed by atoms with Gasteiger partial charge in [0.15, 0.2) is 0 Å². The highest BCUT2D eigenvalue weighted by Crippen LogP contribution is 2.43. The quantitative estimate of drug-likeness (QED) is 0.498. The summed E-state index contributed by atoms with van der Waals surface area (Å²) in [5, 5.41) is 0. The third-order valence-electron chi connectivity index (χ3n) is 2.79. The third-order valence-corrected chi connectivity index (χ3v) is 2.79. The van der Waals surface area contributed by atoms with Gasteiger partial charge in [-0.3, -0.25) is 0 Å². The van der Waals surface area contributed by atoms with E-state index in [0.717, 1.165) is 11.8 Å². The second kappa shape index (κ2) is 1.47. The summed E-state index contributed by atoms with van der Waals surface area (Å²) in [5.41, 5.74) is 5.82. The second-order valence-electron chi connectivity index (χ2n) is 3.34. The Labute approximate surface area is 50.3 Å². The third kappa shape index (κ3) is 0.510. The van der Waals surface area contributed by atoms with Crippen LogP contribution in [0.4, 0.5) is 0 Å². The van der Waals surface area contributed by atoms with Crippen molar-refractivity contribution < 1.29 is 0 Å². The van der Waals surface area contributed by atoms with E-state index in [1.165, 1.54) is 25.7 Å². The standard InChI is InChI=1S/C7H13N/c8-7-4-5-1-2-6(7)3-5/h5-7H,1-4,8H2/t5?,6?,7-/m0/s1. The zero-order valence-corrected chi connectivity index (χ0v) is 5.14.